The Morgan fingerprint density at radius 3 is 0.818 bits per heavy atom. The second kappa shape index (κ2) is 46.0. The number of unbranched alkanes of at least 4 members (excludes halogenated alkanes) is 39. The summed E-state index contributed by atoms with van der Waals surface area (Å²) in [6.07, 6.45) is 54.1. The number of carbonyl (C=O) groups is 1. The molecule has 0 aliphatic carbocycles. The van der Waals surface area contributed by atoms with E-state index in [4.69, 9.17) is 0 Å². The monoisotopic (exact) mass is 780 g/mol. The number of hydrogen-bond acceptors (Lipinski definition) is 4. The van der Waals surface area contributed by atoms with Gasteiger partial charge < -0.3 is 20.6 Å². The van der Waals surface area contributed by atoms with E-state index in [9.17, 15) is 20.1 Å². The van der Waals surface area contributed by atoms with Gasteiger partial charge >= 0.3 is 0 Å². The average molecular weight is 780 g/mol. The Morgan fingerprint density at radius 1 is 0.364 bits per heavy atom. The first-order chi connectivity index (χ1) is 27.1. The third-order valence-corrected chi connectivity index (χ3v) is 12.2. The van der Waals surface area contributed by atoms with Gasteiger partial charge in [0.15, 0.2) is 0 Å². The van der Waals surface area contributed by atoms with Crippen molar-refractivity contribution in [1.29, 1.82) is 0 Å². The second-order valence-electron chi connectivity index (χ2n) is 17.7. The van der Waals surface area contributed by atoms with Gasteiger partial charge in [0.25, 0.3) is 0 Å². The molecule has 5 heteroatoms. The normalized spacial score (nSPS) is 13.3. The molecule has 0 saturated carbocycles. The topological polar surface area (TPSA) is 89.8 Å². The molecule has 5 nitrogen and oxygen atoms in total. The molecule has 0 saturated heterocycles. The summed E-state index contributed by atoms with van der Waals surface area (Å²) in [6.45, 7) is 4.27. The van der Waals surface area contributed by atoms with Crippen molar-refractivity contribution >= 4 is 5.91 Å². The van der Waals surface area contributed by atoms with Gasteiger partial charge in [-0.05, 0) is 12.8 Å². The van der Waals surface area contributed by atoms with Gasteiger partial charge in [-0.15, -0.1) is 0 Å². The molecule has 0 aromatic heterocycles. The average Bonchev–Trinajstić information content (AvgIpc) is 3.19. The van der Waals surface area contributed by atoms with E-state index in [-0.39, 0.29) is 6.61 Å². The number of amides is 1. The SMILES string of the molecule is CCCCCCCCCCCCCCCCCCCCCCCCC(O)C(CO)NC(=O)C(O)CCCCCCCCCCCCCCCCCCCCC. The summed E-state index contributed by atoms with van der Waals surface area (Å²) in [6, 6.07) is -0.706. The maximum atomic E-state index is 12.5. The molecule has 0 aliphatic rings. The van der Waals surface area contributed by atoms with Gasteiger partial charge in [0.05, 0.1) is 18.8 Å². The van der Waals surface area contributed by atoms with E-state index < -0.39 is 24.2 Å². The molecule has 0 aliphatic heterocycles. The summed E-state index contributed by atoms with van der Waals surface area (Å²) in [4.78, 5) is 12.5. The lowest BCUT2D eigenvalue weighted by Crippen LogP contribution is -2.49. The van der Waals surface area contributed by atoms with E-state index in [2.05, 4.69) is 19.2 Å². The van der Waals surface area contributed by atoms with Crippen LogP contribution in [0.2, 0.25) is 0 Å². The predicted octanol–water partition coefficient (Wildman–Crippen LogP) is 15.0. The molecule has 0 aromatic rings. The van der Waals surface area contributed by atoms with Crippen LogP contribution in [0.25, 0.3) is 0 Å². The van der Waals surface area contributed by atoms with Gasteiger partial charge in [-0.2, -0.15) is 0 Å². The molecule has 0 rings (SSSR count). The summed E-state index contributed by atoms with van der Waals surface area (Å²) >= 11 is 0. The van der Waals surface area contributed by atoms with Crippen molar-refractivity contribution in [1.82, 2.24) is 5.32 Å². The van der Waals surface area contributed by atoms with Gasteiger partial charge in [-0.25, -0.2) is 0 Å². The fourth-order valence-electron chi connectivity index (χ4n) is 8.25. The van der Waals surface area contributed by atoms with Crippen LogP contribution in [0, 0.1) is 0 Å². The standard InChI is InChI=1S/C50H101NO4/c1-3-5-7-9-11-13-15-17-19-21-23-24-25-27-28-30-32-34-36-38-40-42-44-48(53)47(46-52)51-50(55)49(54)45-43-41-39-37-35-33-31-29-26-22-20-18-16-14-12-10-8-6-4-2/h47-49,52-54H,3-46H2,1-2H3,(H,51,55). The molecule has 1 amide bonds. The van der Waals surface area contributed by atoms with Crippen LogP contribution >= 0.6 is 0 Å². The third-order valence-electron chi connectivity index (χ3n) is 12.2. The van der Waals surface area contributed by atoms with Crippen LogP contribution in [0.3, 0.4) is 0 Å². The summed E-state index contributed by atoms with van der Waals surface area (Å²) in [5, 5.41) is 33.5. The molecule has 0 radical (unpaired) electrons. The lowest BCUT2D eigenvalue weighted by molar-refractivity contribution is -0.131. The Kier molecular flexibility index (Phi) is 45.5. The largest absolute Gasteiger partial charge is 0.394 e. The van der Waals surface area contributed by atoms with Crippen LogP contribution in [0.4, 0.5) is 0 Å². The Hall–Kier alpha value is -0.650. The highest BCUT2D eigenvalue weighted by Gasteiger charge is 2.23. The molecule has 3 atom stereocenters. The molecular weight excluding hydrogens is 679 g/mol. The summed E-state index contributed by atoms with van der Waals surface area (Å²) in [7, 11) is 0. The Morgan fingerprint density at radius 2 is 0.582 bits per heavy atom. The van der Waals surface area contributed by atoms with Gasteiger partial charge in [0.1, 0.15) is 6.10 Å². The molecule has 0 bridgehead atoms. The number of aliphatic hydroxyl groups excluding tert-OH is 3. The van der Waals surface area contributed by atoms with Crippen LogP contribution in [-0.2, 0) is 4.79 Å². The van der Waals surface area contributed by atoms with E-state index in [1.807, 2.05) is 0 Å². The van der Waals surface area contributed by atoms with E-state index >= 15 is 0 Å². The molecule has 55 heavy (non-hydrogen) atoms. The summed E-state index contributed by atoms with van der Waals surface area (Å²) in [5.41, 5.74) is 0. The number of aliphatic hydroxyl groups is 3. The van der Waals surface area contributed by atoms with E-state index in [0.717, 1.165) is 32.1 Å². The molecule has 0 heterocycles. The molecule has 0 fully saturated rings. The highest BCUT2D eigenvalue weighted by atomic mass is 16.3. The number of carbonyl (C=O) groups excluding carboxylic acids is 1. The quantitative estimate of drug-likeness (QED) is 0.0463. The predicted molar refractivity (Wildman–Crippen MR) is 241 cm³/mol. The highest BCUT2D eigenvalue weighted by Crippen LogP contribution is 2.18. The zero-order chi connectivity index (χ0) is 40.1. The first-order valence-electron chi connectivity index (χ1n) is 25.3. The smallest absolute Gasteiger partial charge is 0.249 e. The van der Waals surface area contributed by atoms with Crippen molar-refractivity contribution in [2.24, 2.45) is 0 Å². The van der Waals surface area contributed by atoms with Crippen LogP contribution < -0.4 is 5.32 Å². The van der Waals surface area contributed by atoms with E-state index in [1.54, 1.807) is 0 Å². The maximum Gasteiger partial charge on any atom is 0.249 e. The zero-order valence-electron chi connectivity index (χ0n) is 37.6. The Labute approximate surface area is 345 Å². The minimum Gasteiger partial charge on any atom is -0.394 e. The molecule has 0 aromatic carbocycles. The Balaban J connectivity index is 3.53. The molecular formula is C50H101NO4. The van der Waals surface area contributed by atoms with Crippen molar-refractivity contribution in [2.75, 3.05) is 6.61 Å². The lowest BCUT2D eigenvalue weighted by Gasteiger charge is -2.23. The van der Waals surface area contributed by atoms with Crippen molar-refractivity contribution in [2.45, 2.75) is 308 Å². The number of nitrogens with one attached hydrogen (secondary N) is 1. The first kappa shape index (κ1) is 54.3. The Bertz CT molecular complexity index is 733. The van der Waals surface area contributed by atoms with Crippen molar-refractivity contribution < 1.29 is 20.1 Å². The molecule has 3 unspecified atom stereocenters. The van der Waals surface area contributed by atoms with Gasteiger partial charge in [-0.1, -0.05) is 277 Å². The zero-order valence-corrected chi connectivity index (χ0v) is 37.6. The fraction of sp³-hybridized carbons (Fsp3) is 0.980. The van der Waals surface area contributed by atoms with E-state index in [0.29, 0.717) is 12.8 Å². The highest BCUT2D eigenvalue weighted by molar-refractivity contribution is 5.80. The van der Waals surface area contributed by atoms with Crippen LogP contribution in [0.5, 0.6) is 0 Å². The molecule has 330 valence electrons. The van der Waals surface area contributed by atoms with Crippen molar-refractivity contribution in [3.8, 4) is 0 Å². The number of hydrogen-bond donors (Lipinski definition) is 4. The minimum atomic E-state index is -1.07. The van der Waals surface area contributed by atoms with E-state index in [1.165, 1.54) is 231 Å². The van der Waals surface area contributed by atoms with Crippen LogP contribution in [0.15, 0.2) is 0 Å². The van der Waals surface area contributed by atoms with Gasteiger partial charge in [0, 0.05) is 0 Å². The molecule has 0 spiro atoms. The van der Waals surface area contributed by atoms with Gasteiger partial charge in [-0.3, -0.25) is 4.79 Å². The van der Waals surface area contributed by atoms with Crippen molar-refractivity contribution in [3.63, 3.8) is 0 Å². The summed E-state index contributed by atoms with van der Waals surface area (Å²) in [5.74, 6) is -0.463. The van der Waals surface area contributed by atoms with Gasteiger partial charge in [0.2, 0.25) is 5.91 Å². The second-order valence-corrected chi connectivity index (χ2v) is 17.7. The maximum absolute atomic E-state index is 12.5. The summed E-state index contributed by atoms with van der Waals surface area (Å²) < 4.78 is 0. The molecule has 4 N–H and O–H groups in total. The van der Waals surface area contributed by atoms with Crippen LogP contribution in [0.1, 0.15) is 290 Å². The third kappa shape index (κ3) is 41.3. The lowest BCUT2D eigenvalue weighted by atomic mass is 10.0. The first-order valence-corrected chi connectivity index (χ1v) is 25.3. The minimum absolute atomic E-state index is 0.307. The fourth-order valence-corrected chi connectivity index (χ4v) is 8.25. The van der Waals surface area contributed by atoms with Crippen LogP contribution in [-0.4, -0.2) is 46.1 Å². The van der Waals surface area contributed by atoms with Crippen molar-refractivity contribution in [3.05, 3.63) is 0 Å². The number of rotatable bonds is 47.